The van der Waals surface area contributed by atoms with Crippen LogP contribution in [0.15, 0.2) is 54.9 Å². The molecule has 3 heterocycles. The van der Waals surface area contributed by atoms with E-state index in [9.17, 15) is 0 Å². The van der Waals surface area contributed by atoms with Crippen LogP contribution in [0, 0.1) is 12.8 Å². The van der Waals surface area contributed by atoms with Gasteiger partial charge >= 0.3 is 0 Å². The molecule has 1 aliphatic heterocycles. The Balaban J connectivity index is 1.41. The maximum atomic E-state index is 5.93. The van der Waals surface area contributed by atoms with Crippen molar-refractivity contribution in [3.8, 4) is 17.1 Å². The number of hydrogen-bond donors (Lipinski definition) is 1. The van der Waals surface area contributed by atoms with Gasteiger partial charge < -0.3 is 14.8 Å². The Kier molecular flexibility index (Phi) is 5.77. The Bertz CT molecular complexity index is 894. The molecule has 0 spiro atoms. The van der Waals surface area contributed by atoms with Crippen molar-refractivity contribution in [2.45, 2.75) is 19.8 Å². The number of aromatic nitrogens is 3. The quantitative estimate of drug-likeness (QED) is 0.688. The summed E-state index contributed by atoms with van der Waals surface area (Å²) in [6, 6.07) is 13.7. The van der Waals surface area contributed by atoms with Crippen LogP contribution in [0.25, 0.3) is 11.4 Å². The first-order valence-electron chi connectivity index (χ1n) is 9.60. The van der Waals surface area contributed by atoms with Gasteiger partial charge in [0.1, 0.15) is 11.6 Å². The summed E-state index contributed by atoms with van der Waals surface area (Å²) in [6.45, 7) is 4.40. The fraction of sp³-hybridized carbons (Fsp3) is 0.318. The number of rotatable bonds is 6. The van der Waals surface area contributed by atoms with E-state index in [0.29, 0.717) is 11.7 Å². The number of benzene rings is 1. The first-order valence-corrected chi connectivity index (χ1v) is 9.60. The van der Waals surface area contributed by atoms with Gasteiger partial charge in [-0.25, -0.2) is 9.97 Å². The Morgan fingerprint density at radius 3 is 2.54 bits per heavy atom. The van der Waals surface area contributed by atoms with E-state index in [1.807, 2.05) is 49.4 Å². The SMILES string of the molecule is Cc1cc(Nc2ccc(OCC3CCOCC3)cc2)nc(-c2ccncc2)n1. The molecule has 1 saturated heterocycles. The Hall–Kier alpha value is -2.99. The molecule has 0 unspecified atom stereocenters. The highest BCUT2D eigenvalue weighted by Crippen LogP contribution is 2.23. The zero-order valence-electron chi connectivity index (χ0n) is 16.0. The van der Waals surface area contributed by atoms with Gasteiger partial charge in [-0.3, -0.25) is 4.98 Å². The van der Waals surface area contributed by atoms with Gasteiger partial charge in [0.25, 0.3) is 0 Å². The van der Waals surface area contributed by atoms with E-state index >= 15 is 0 Å². The first kappa shape index (κ1) is 18.4. The van der Waals surface area contributed by atoms with Crippen LogP contribution in [-0.4, -0.2) is 34.8 Å². The van der Waals surface area contributed by atoms with Gasteiger partial charge in [0.15, 0.2) is 5.82 Å². The normalized spacial score (nSPS) is 14.6. The van der Waals surface area contributed by atoms with Crippen molar-refractivity contribution in [3.63, 3.8) is 0 Å². The van der Waals surface area contributed by atoms with Gasteiger partial charge in [0, 0.05) is 48.6 Å². The van der Waals surface area contributed by atoms with Crippen molar-refractivity contribution in [2.75, 3.05) is 25.1 Å². The van der Waals surface area contributed by atoms with Crippen LogP contribution >= 0.6 is 0 Å². The predicted molar refractivity (Wildman–Crippen MR) is 109 cm³/mol. The summed E-state index contributed by atoms with van der Waals surface area (Å²) in [7, 11) is 0. The van der Waals surface area contributed by atoms with Gasteiger partial charge in [0.05, 0.1) is 6.61 Å². The molecule has 0 atom stereocenters. The van der Waals surface area contributed by atoms with Crippen molar-refractivity contribution in [1.29, 1.82) is 0 Å². The van der Waals surface area contributed by atoms with Crippen molar-refractivity contribution in [2.24, 2.45) is 5.92 Å². The molecule has 3 aromatic rings. The van der Waals surface area contributed by atoms with E-state index in [4.69, 9.17) is 9.47 Å². The van der Waals surface area contributed by atoms with E-state index in [0.717, 1.165) is 61.2 Å². The molecule has 0 amide bonds. The molecule has 6 nitrogen and oxygen atoms in total. The number of anilines is 2. The average molecular weight is 376 g/mol. The summed E-state index contributed by atoms with van der Waals surface area (Å²) in [5.74, 6) is 2.91. The molecule has 144 valence electrons. The second kappa shape index (κ2) is 8.80. The first-order chi connectivity index (χ1) is 13.8. The molecule has 0 saturated carbocycles. The molecule has 1 aromatic carbocycles. The summed E-state index contributed by atoms with van der Waals surface area (Å²) in [5, 5.41) is 3.35. The van der Waals surface area contributed by atoms with E-state index in [2.05, 4.69) is 20.3 Å². The summed E-state index contributed by atoms with van der Waals surface area (Å²) in [5.41, 5.74) is 2.80. The van der Waals surface area contributed by atoms with Crippen molar-refractivity contribution in [3.05, 3.63) is 60.6 Å². The van der Waals surface area contributed by atoms with Crippen molar-refractivity contribution >= 4 is 11.5 Å². The average Bonchev–Trinajstić information content (AvgIpc) is 2.74. The highest BCUT2D eigenvalue weighted by molar-refractivity contribution is 5.61. The topological polar surface area (TPSA) is 69.2 Å². The summed E-state index contributed by atoms with van der Waals surface area (Å²) >= 11 is 0. The molecular formula is C22H24N4O2. The van der Waals surface area contributed by atoms with Crippen LogP contribution in [-0.2, 0) is 4.74 Å². The van der Waals surface area contributed by atoms with E-state index in [1.165, 1.54) is 0 Å². The zero-order valence-corrected chi connectivity index (χ0v) is 16.0. The number of aryl methyl sites for hydroxylation is 1. The fourth-order valence-electron chi connectivity index (χ4n) is 3.17. The standard InChI is InChI=1S/C22H24N4O2/c1-16-14-21(26-22(24-16)18-6-10-23-11-7-18)25-19-2-4-20(5-3-19)28-15-17-8-12-27-13-9-17/h2-7,10-11,14,17H,8-9,12-13,15H2,1H3,(H,24,25,26). The third-order valence-corrected chi connectivity index (χ3v) is 4.75. The van der Waals surface area contributed by atoms with Gasteiger partial charge in [-0.05, 0) is 62.1 Å². The fourth-order valence-corrected chi connectivity index (χ4v) is 3.17. The molecule has 1 fully saturated rings. The summed E-state index contributed by atoms with van der Waals surface area (Å²) < 4.78 is 11.3. The van der Waals surface area contributed by atoms with Gasteiger partial charge in [-0.15, -0.1) is 0 Å². The third kappa shape index (κ3) is 4.84. The monoisotopic (exact) mass is 376 g/mol. The molecule has 1 N–H and O–H groups in total. The van der Waals surface area contributed by atoms with Crippen LogP contribution in [0.2, 0.25) is 0 Å². The number of nitrogens with one attached hydrogen (secondary N) is 1. The molecule has 2 aromatic heterocycles. The molecule has 6 heteroatoms. The summed E-state index contributed by atoms with van der Waals surface area (Å²) in [4.78, 5) is 13.2. The van der Waals surface area contributed by atoms with E-state index in [-0.39, 0.29) is 0 Å². The minimum absolute atomic E-state index is 0.585. The molecular weight excluding hydrogens is 352 g/mol. The largest absolute Gasteiger partial charge is 0.493 e. The highest BCUT2D eigenvalue weighted by atomic mass is 16.5. The van der Waals surface area contributed by atoms with Gasteiger partial charge in [-0.1, -0.05) is 0 Å². The third-order valence-electron chi connectivity index (χ3n) is 4.75. The van der Waals surface area contributed by atoms with E-state index in [1.54, 1.807) is 12.4 Å². The molecule has 28 heavy (non-hydrogen) atoms. The van der Waals surface area contributed by atoms with Gasteiger partial charge in [-0.2, -0.15) is 0 Å². The lowest BCUT2D eigenvalue weighted by atomic mass is 10.0. The number of hydrogen-bond acceptors (Lipinski definition) is 6. The maximum Gasteiger partial charge on any atom is 0.161 e. The lowest BCUT2D eigenvalue weighted by Gasteiger charge is -2.22. The second-order valence-corrected chi connectivity index (χ2v) is 6.97. The number of ether oxygens (including phenoxy) is 2. The van der Waals surface area contributed by atoms with Crippen LogP contribution < -0.4 is 10.1 Å². The van der Waals surface area contributed by atoms with Crippen LogP contribution in [0.1, 0.15) is 18.5 Å². The van der Waals surface area contributed by atoms with Gasteiger partial charge in [0.2, 0.25) is 0 Å². The lowest BCUT2D eigenvalue weighted by molar-refractivity contribution is 0.0497. The maximum absolute atomic E-state index is 5.93. The Labute approximate surface area is 165 Å². The molecule has 0 bridgehead atoms. The minimum atomic E-state index is 0.585. The minimum Gasteiger partial charge on any atom is -0.493 e. The van der Waals surface area contributed by atoms with Crippen LogP contribution in [0.3, 0.4) is 0 Å². The zero-order chi connectivity index (χ0) is 19.2. The van der Waals surface area contributed by atoms with Crippen LogP contribution in [0.5, 0.6) is 5.75 Å². The Morgan fingerprint density at radius 2 is 1.79 bits per heavy atom. The molecule has 4 rings (SSSR count). The van der Waals surface area contributed by atoms with Crippen molar-refractivity contribution in [1.82, 2.24) is 15.0 Å². The molecule has 0 radical (unpaired) electrons. The predicted octanol–water partition coefficient (Wildman–Crippen LogP) is 4.40. The second-order valence-electron chi connectivity index (χ2n) is 6.97. The number of pyridine rings is 1. The van der Waals surface area contributed by atoms with Crippen molar-refractivity contribution < 1.29 is 9.47 Å². The Morgan fingerprint density at radius 1 is 1.04 bits per heavy atom. The van der Waals surface area contributed by atoms with E-state index < -0.39 is 0 Å². The highest BCUT2D eigenvalue weighted by Gasteiger charge is 2.14. The van der Waals surface area contributed by atoms with Crippen LogP contribution in [0.4, 0.5) is 11.5 Å². The summed E-state index contributed by atoms with van der Waals surface area (Å²) in [6.07, 6.45) is 5.64. The molecule has 1 aliphatic rings. The number of nitrogens with zero attached hydrogens (tertiary/aromatic N) is 3. The molecule has 0 aliphatic carbocycles. The lowest BCUT2D eigenvalue weighted by Crippen LogP contribution is -2.21. The smallest absolute Gasteiger partial charge is 0.161 e.